The van der Waals surface area contributed by atoms with Gasteiger partial charge in [0.15, 0.2) is 0 Å². The normalized spacial score (nSPS) is 9.88. The van der Waals surface area contributed by atoms with Gasteiger partial charge in [0.1, 0.15) is 0 Å². The number of halogens is 3. The molecule has 0 radical (unpaired) electrons. The monoisotopic (exact) mass is 414 g/mol. The van der Waals surface area contributed by atoms with E-state index in [-0.39, 0.29) is 0 Å². The van der Waals surface area contributed by atoms with Gasteiger partial charge in [0.2, 0.25) is 0 Å². The van der Waals surface area contributed by atoms with Crippen molar-refractivity contribution >= 4 is 72.4 Å². The van der Waals surface area contributed by atoms with Crippen LogP contribution in [0.1, 0.15) is 0 Å². The smallest absolute Gasteiger partial charge is 0.0843 e. The molecule has 1 aromatic rings. The number of thiophene rings is 1. The fraction of sp³-hybridized carbons (Fsp3) is 0. The van der Waals surface area contributed by atoms with Crippen molar-refractivity contribution in [3.8, 4) is 0 Å². The summed E-state index contributed by atoms with van der Waals surface area (Å²) in [6.45, 7) is 0. The molecule has 0 aliphatic rings. The van der Waals surface area contributed by atoms with Crippen LogP contribution in [0.25, 0.3) is 0 Å². The minimum absolute atomic E-state index is 1.24. The first-order valence-corrected chi connectivity index (χ1v) is 5.57. The molecule has 8 heavy (non-hydrogen) atoms. The highest BCUT2D eigenvalue weighted by atomic mass is 127. The van der Waals surface area contributed by atoms with Gasteiger partial charge < -0.3 is 0 Å². The molecule has 1 aromatic heterocycles. The van der Waals surface area contributed by atoms with Crippen molar-refractivity contribution in [1.29, 1.82) is 0 Å². The average molecular weight is 415 g/mol. The van der Waals surface area contributed by atoms with Gasteiger partial charge in [-0.2, -0.15) is 0 Å². The number of hydrogen-bond donors (Lipinski definition) is 0. The molecule has 4 heteroatoms. The second kappa shape index (κ2) is 3.16. The van der Waals surface area contributed by atoms with Crippen LogP contribution in [0.4, 0.5) is 0 Å². The molecule has 44 valence electrons. The summed E-state index contributed by atoms with van der Waals surface area (Å²) >= 11 is 9.80. The number of hydrogen-bond acceptors (Lipinski definition) is 1. The van der Waals surface area contributed by atoms with Gasteiger partial charge in [0, 0.05) is 3.57 Å². The van der Waals surface area contributed by atoms with E-state index in [9.17, 15) is 0 Å². The van der Waals surface area contributed by atoms with Gasteiger partial charge in [-0.3, -0.25) is 0 Å². The first-order valence-electron chi connectivity index (χ1n) is 1.80. The van der Waals surface area contributed by atoms with E-state index >= 15 is 0 Å². The summed E-state index contributed by atoms with van der Waals surface area (Å²) in [7, 11) is 0. The predicted molar refractivity (Wildman–Crippen MR) is 57.5 cm³/mol. The summed E-state index contributed by atoms with van der Waals surface area (Å²) in [5.41, 5.74) is 0. The van der Waals surface area contributed by atoms with Crippen LogP contribution in [0.2, 0.25) is 0 Å². The molecule has 0 atom stereocenters. The Morgan fingerprint density at radius 2 is 2.12 bits per heavy atom. The van der Waals surface area contributed by atoms with Crippen LogP contribution in [-0.4, -0.2) is 0 Å². The average Bonchev–Trinajstić information content (AvgIpc) is 1.85. The fourth-order valence-electron chi connectivity index (χ4n) is 0.320. The Kier molecular flexibility index (Phi) is 3.06. The number of rotatable bonds is 0. The molecular weight excluding hydrogens is 414 g/mol. The Morgan fingerprint density at radius 1 is 1.50 bits per heavy atom. The lowest BCUT2D eigenvalue weighted by Crippen LogP contribution is -1.53. The van der Waals surface area contributed by atoms with Gasteiger partial charge >= 0.3 is 0 Å². The van der Waals surface area contributed by atoms with Gasteiger partial charge in [-0.25, -0.2) is 0 Å². The molecule has 0 nitrogen and oxygen atoms in total. The Labute approximate surface area is 87.5 Å². The minimum Gasteiger partial charge on any atom is -0.121 e. The predicted octanol–water partition coefficient (Wildman–Crippen LogP) is 3.72. The third kappa shape index (κ3) is 1.81. The zero-order valence-corrected chi connectivity index (χ0v) is 10.3. The van der Waals surface area contributed by atoms with Crippen LogP contribution in [0.15, 0.2) is 9.85 Å². The van der Waals surface area contributed by atoms with Gasteiger partial charge in [0.25, 0.3) is 0 Å². The zero-order valence-electron chi connectivity index (χ0n) is 3.62. The van der Waals surface area contributed by atoms with Crippen molar-refractivity contribution in [3.63, 3.8) is 0 Å². The molecule has 0 fully saturated rings. The standard InChI is InChI=1S/C4HBrI2S/c5-4-2(6)1-3(7)8-4/h1H. The molecule has 0 amide bonds. The van der Waals surface area contributed by atoms with Crippen LogP contribution in [0.5, 0.6) is 0 Å². The van der Waals surface area contributed by atoms with Crippen LogP contribution >= 0.6 is 72.4 Å². The molecule has 0 unspecified atom stereocenters. The van der Waals surface area contributed by atoms with Crippen molar-refractivity contribution in [2.75, 3.05) is 0 Å². The molecule has 0 aliphatic carbocycles. The summed E-state index contributed by atoms with van der Waals surface area (Å²) in [6, 6.07) is 2.15. The van der Waals surface area contributed by atoms with Crippen molar-refractivity contribution in [2.24, 2.45) is 0 Å². The second-order valence-corrected chi connectivity index (χ2v) is 6.60. The Hall–Kier alpha value is 1.64. The Morgan fingerprint density at radius 3 is 2.25 bits per heavy atom. The maximum Gasteiger partial charge on any atom is 0.0843 e. The van der Waals surface area contributed by atoms with E-state index < -0.39 is 0 Å². The van der Waals surface area contributed by atoms with E-state index in [0.29, 0.717) is 0 Å². The molecule has 0 aromatic carbocycles. The summed E-state index contributed by atoms with van der Waals surface area (Å²) in [5, 5.41) is 0. The molecule has 1 rings (SSSR count). The van der Waals surface area contributed by atoms with E-state index in [1.54, 1.807) is 11.3 Å². The highest BCUT2D eigenvalue weighted by molar-refractivity contribution is 14.1. The lowest BCUT2D eigenvalue weighted by molar-refractivity contribution is 1.81. The summed E-state index contributed by atoms with van der Waals surface area (Å²) in [4.78, 5) is 0. The zero-order chi connectivity index (χ0) is 6.15. The van der Waals surface area contributed by atoms with Crippen LogP contribution in [0.3, 0.4) is 0 Å². The summed E-state index contributed by atoms with van der Waals surface area (Å²) in [5.74, 6) is 0. The molecule has 0 bridgehead atoms. The second-order valence-electron chi connectivity index (χ2n) is 1.17. The third-order valence-electron chi connectivity index (χ3n) is 0.615. The van der Waals surface area contributed by atoms with E-state index in [0.717, 1.165) is 0 Å². The summed E-state index contributed by atoms with van der Waals surface area (Å²) in [6.07, 6.45) is 0. The van der Waals surface area contributed by atoms with E-state index in [1.165, 1.54) is 10.2 Å². The van der Waals surface area contributed by atoms with E-state index in [1.807, 2.05) is 0 Å². The lowest BCUT2D eigenvalue weighted by Gasteiger charge is -1.74. The fourth-order valence-corrected chi connectivity index (χ4v) is 4.79. The molecule has 0 N–H and O–H groups in total. The molecule has 0 aliphatic heterocycles. The summed E-state index contributed by atoms with van der Waals surface area (Å²) < 4.78 is 3.87. The van der Waals surface area contributed by atoms with Crippen molar-refractivity contribution in [2.45, 2.75) is 0 Å². The van der Waals surface area contributed by atoms with Crippen molar-refractivity contribution in [3.05, 3.63) is 16.3 Å². The molecule has 0 saturated heterocycles. The van der Waals surface area contributed by atoms with E-state index in [4.69, 9.17) is 0 Å². The first-order chi connectivity index (χ1) is 3.70. The van der Waals surface area contributed by atoms with Crippen molar-refractivity contribution in [1.82, 2.24) is 0 Å². The van der Waals surface area contributed by atoms with Gasteiger partial charge in [-0.15, -0.1) is 11.3 Å². The lowest BCUT2D eigenvalue weighted by atomic mass is 10.7. The Bertz CT molecular complexity index is 176. The quantitative estimate of drug-likeness (QED) is 0.568. The highest BCUT2D eigenvalue weighted by Gasteiger charge is 1.98. The first kappa shape index (κ1) is 7.74. The van der Waals surface area contributed by atoms with Crippen LogP contribution in [-0.2, 0) is 0 Å². The Balaban J connectivity index is 3.14. The van der Waals surface area contributed by atoms with Crippen LogP contribution < -0.4 is 0 Å². The molecule has 0 spiro atoms. The van der Waals surface area contributed by atoms with Crippen LogP contribution in [0, 0.1) is 6.45 Å². The maximum absolute atomic E-state index is 3.42. The highest BCUT2D eigenvalue weighted by Crippen LogP contribution is 2.29. The third-order valence-corrected chi connectivity index (χ3v) is 5.17. The van der Waals surface area contributed by atoms with Gasteiger partial charge in [0.05, 0.1) is 6.67 Å². The SMILES string of the molecule is Brc1sc(I)cc1I. The van der Waals surface area contributed by atoms with Gasteiger partial charge in [-0.05, 0) is 67.2 Å². The largest absolute Gasteiger partial charge is 0.121 e. The minimum atomic E-state index is 1.24. The van der Waals surface area contributed by atoms with Gasteiger partial charge in [-0.1, -0.05) is 0 Å². The van der Waals surface area contributed by atoms with Crippen molar-refractivity contribution < 1.29 is 0 Å². The maximum atomic E-state index is 3.42. The molecule has 1 heterocycles. The molecule has 0 saturated carbocycles. The van der Waals surface area contributed by atoms with E-state index in [2.05, 4.69) is 67.2 Å². The topological polar surface area (TPSA) is 0 Å². The molecular formula is C4HBrI2S.